The molecule has 0 fully saturated rings. The van der Waals surface area contributed by atoms with Crippen LogP contribution in [0.4, 0.5) is 5.69 Å². The number of nitrogens with zero attached hydrogens (tertiary/aromatic N) is 1. The molecule has 0 aliphatic rings. The van der Waals surface area contributed by atoms with E-state index in [0.29, 0.717) is 0 Å². The average molecular weight is 267 g/mol. The third kappa shape index (κ3) is 2.97. The Bertz CT molecular complexity index is 688. The van der Waals surface area contributed by atoms with E-state index in [9.17, 15) is 0 Å². The van der Waals surface area contributed by atoms with Crippen molar-refractivity contribution < 1.29 is 4.42 Å². The van der Waals surface area contributed by atoms with Crippen LogP contribution in [-0.4, -0.2) is 11.5 Å². The van der Waals surface area contributed by atoms with Crippen molar-refractivity contribution in [3.05, 3.63) is 60.0 Å². The fourth-order valence-electron chi connectivity index (χ4n) is 2.16. The molecule has 102 valence electrons. The molecule has 0 aliphatic heterocycles. The van der Waals surface area contributed by atoms with Gasteiger partial charge in [-0.2, -0.15) is 0 Å². The van der Waals surface area contributed by atoms with Crippen LogP contribution in [0.2, 0.25) is 0 Å². The van der Waals surface area contributed by atoms with Crippen LogP contribution in [0.1, 0.15) is 11.1 Å². The Labute approximate surface area is 117 Å². The van der Waals surface area contributed by atoms with E-state index in [1.807, 2.05) is 36.4 Å². The summed E-state index contributed by atoms with van der Waals surface area (Å²) in [7, 11) is 0. The number of nitrogens with one attached hydrogen (secondary N) is 1. The molecule has 0 spiro atoms. The second kappa shape index (κ2) is 5.75. The van der Waals surface area contributed by atoms with Crippen LogP contribution in [-0.2, 0) is 13.0 Å². The first-order valence-corrected chi connectivity index (χ1v) is 6.68. The number of rotatable bonds is 5. The van der Waals surface area contributed by atoms with Crippen LogP contribution in [0.25, 0.3) is 11.1 Å². The molecule has 0 radical (unpaired) electrons. The van der Waals surface area contributed by atoms with E-state index in [0.717, 1.165) is 36.3 Å². The average Bonchev–Trinajstić information content (AvgIpc) is 2.93. The molecule has 3 N–H and O–H groups in total. The molecule has 0 atom stereocenters. The minimum atomic E-state index is 0.800. The molecular formula is C16H17N3O. The highest BCUT2D eigenvalue weighted by molar-refractivity contribution is 5.72. The summed E-state index contributed by atoms with van der Waals surface area (Å²) < 4.78 is 5.30. The number of nitrogen functional groups attached to an aromatic ring is 1. The van der Waals surface area contributed by atoms with Gasteiger partial charge in [0.15, 0.2) is 12.0 Å². The maximum atomic E-state index is 5.66. The Morgan fingerprint density at radius 2 is 1.85 bits per heavy atom. The molecule has 0 bridgehead atoms. The first-order chi connectivity index (χ1) is 9.81. The molecule has 0 saturated carbocycles. The van der Waals surface area contributed by atoms with Gasteiger partial charge >= 0.3 is 0 Å². The number of aromatic nitrogens is 1. The predicted octanol–water partition coefficient (Wildman–Crippen LogP) is 2.74. The monoisotopic (exact) mass is 267 g/mol. The van der Waals surface area contributed by atoms with Crippen LogP contribution in [0.3, 0.4) is 0 Å². The summed E-state index contributed by atoms with van der Waals surface area (Å²) in [6, 6.07) is 14.1. The molecule has 4 heteroatoms. The molecule has 0 aliphatic carbocycles. The first-order valence-electron chi connectivity index (χ1n) is 6.68. The lowest BCUT2D eigenvalue weighted by Gasteiger charge is -2.05. The number of oxazole rings is 1. The Morgan fingerprint density at radius 3 is 2.70 bits per heavy atom. The summed E-state index contributed by atoms with van der Waals surface area (Å²) in [5, 5.41) is 3.42. The summed E-state index contributed by atoms with van der Waals surface area (Å²) >= 11 is 0. The second-order valence-electron chi connectivity index (χ2n) is 4.82. The third-order valence-corrected chi connectivity index (χ3v) is 3.29. The van der Waals surface area contributed by atoms with Gasteiger partial charge in [0.2, 0.25) is 0 Å². The highest BCUT2D eigenvalue weighted by Crippen LogP contribution is 2.14. The minimum Gasteiger partial charge on any atom is -0.443 e. The molecule has 3 aromatic rings. The van der Waals surface area contributed by atoms with Crippen molar-refractivity contribution in [1.29, 1.82) is 0 Å². The highest BCUT2D eigenvalue weighted by Gasteiger charge is 2.00. The van der Waals surface area contributed by atoms with Crippen molar-refractivity contribution in [2.24, 2.45) is 0 Å². The Morgan fingerprint density at radius 1 is 1.05 bits per heavy atom. The number of anilines is 1. The van der Waals surface area contributed by atoms with Crippen LogP contribution in [0, 0.1) is 0 Å². The number of benzene rings is 2. The van der Waals surface area contributed by atoms with E-state index >= 15 is 0 Å². The number of nitrogens with two attached hydrogens (primary N) is 1. The smallest absolute Gasteiger partial charge is 0.181 e. The third-order valence-electron chi connectivity index (χ3n) is 3.29. The van der Waals surface area contributed by atoms with Gasteiger partial charge in [-0.15, -0.1) is 0 Å². The maximum Gasteiger partial charge on any atom is 0.181 e. The molecule has 0 unspecified atom stereocenters. The largest absolute Gasteiger partial charge is 0.443 e. The van der Waals surface area contributed by atoms with Gasteiger partial charge in [-0.3, -0.25) is 0 Å². The van der Waals surface area contributed by atoms with Gasteiger partial charge in [0.05, 0.1) is 0 Å². The second-order valence-corrected chi connectivity index (χ2v) is 4.82. The van der Waals surface area contributed by atoms with Crippen LogP contribution in [0.15, 0.2) is 53.3 Å². The lowest BCUT2D eigenvalue weighted by atomic mass is 10.1. The molecule has 3 rings (SSSR count). The van der Waals surface area contributed by atoms with Crippen molar-refractivity contribution in [2.45, 2.75) is 13.0 Å². The van der Waals surface area contributed by atoms with Gasteiger partial charge in [-0.1, -0.05) is 18.2 Å². The minimum absolute atomic E-state index is 0.800. The molecule has 20 heavy (non-hydrogen) atoms. The lowest BCUT2D eigenvalue weighted by Crippen LogP contribution is -2.16. The van der Waals surface area contributed by atoms with Crippen molar-refractivity contribution in [1.82, 2.24) is 10.3 Å². The van der Waals surface area contributed by atoms with Gasteiger partial charge in [-0.25, -0.2) is 4.98 Å². The Balaban J connectivity index is 1.50. The Kier molecular flexibility index (Phi) is 3.65. The molecule has 4 nitrogen and oxygen atoms in total. The molecule has 1 aromatic heterocycles. The van der Waals surface area contributed by atoms with Crippen LogP contribution >= 0.6 is 0 Å². The molecule has 1 heterocycles. The number of hydrogen-bond donors (Lipinski definition) is 2. The maximum absolute atomic E-state index is 5.66. The van der Waals surface area contributed by atoms with Crippen molar-refractivity contribution in [2.75, 3.05) is 12.3 Å². The van der Waals surface area contributed by atoms with E-state index in [-0.39, 0.29) is 0 Å². The van der Waals surface area contributed by atoms with E-state index in [1.165, 1.54) is 17.5 Å². The zero-order chi connectivity index (χ0) is 13.8. The molecular weight excluding hydrogens is 250 g/mol. The molecule has 0 amide bonds. The lowest BCUT2D eigenvalue weighted by molar-refractivity contribution is 0.601. The van der Waals surface area contributed by atoms with Crippen LogP contribution in [0.5, 0.6) is 0 Å². The van der Waals surface area contributed by atoms with Gasteiger partial charge in [0.25, 0.3) is 0 Å². The SMILES string of the molecule is Nc1ccc(CNCCc2ccc3ncoc3c2)cc1. The van der Waals surface area contributed by atoms with E-state index in [2.05, 4.69) is 16.4 Å². The normalized spacial score (nSPS) is 11.0. The van der Waals surface area contributed by atoms with Crippen LogP contribution < -0.4 is 11.1 Å². The number of fused-ring (bicyclic) bond motifs is 1. The van der Waals surface area contributed by atoms with Gasteiger partial charge in [0.1, 0.15) is 5.52 Å². The summed E-state index contributed by atoms with van der Waals surface area (Å²) in [6.07, 6.45) is 2.44. The summed E-state index contributed by atoms with van der Waals surface area (Å²) in [5.41, 5.74) is 10.7. The first kappa shape index (κ1) is 12.7. The zero-order valence-corrected chi connectivity index (χ0v) is 11.2. The van der Waals surface area contributed by atoms with Crippen molar-refractivity contribution in [3.63, 3.8) is 0 Å². The van der Waals surface area contributed by atoms with Gasteiger partial charge in [-0.05, 0) is 48.4 Å². The predicted molar refractivity (Wildman–Crippen MR) is 80.3 cm³/mol. The van der Waals surface area contributed by atoms with E-state index in [4.69, 9.17) is 10.2 Å². The fraction of sp³-hybridized carbons (Fsp3) is 0.188. The van der Waals surface area contributed by atoms with Crippen molar-refractivity contribution in [3.8, 4) is 0 Å². The van der Waals surface area contributed by atoms with E-state index in [1.54, 1.807) is 0 Å². The van der Waals surface area contributed by atoms with Crippen molar-refractivity contribution >= 4 is 16.8 Å². The summed E-state index contributed by atoms with van der Waals surface area (Å²) in [4.78, 5) is 4.11. The number of hydrogen-bond acceptors (Lipinski definition) is 4. The summed E-state index contributed by atoms with van der Waals surface area (Å²) in [5.74, 6) is 0. The van der Waals surface area contributed by atoms with Gasteiger partial charge < -0.3 is 15.5 Å². The standard InChI is InChI=1S/C16H17N3O/c17-14-4-1-13(2-5-14)10-18-8-7-12-3-6-15-16(9-12)20-11-19-15/h1-6,9,11,18H,7-8,10,17H2. The highest BCUT2D eigenvalue weighted by atomic mass is 16.3. The topological polar surface area (TPSA) is 64.1 Å². The summed E-state index contributed by atoms with van der Waals surface area (Å²) in [6.45, 7) is 1.77. The quantitative estimate of drug-likeness (QED) is 0.551. The van der Waals surface area contributed by atoms with E-state index < -0.39 is 0 Å². The fourth-order valence-corrected chi connectivity index (χ4v) is 2.16. The van der Waals surface area contributed by atoms with Gasteiger partial charge in [0, 0.05) is 12.2 Å². The Hall–Kier alpha value is -2.33. The zero-order valence-electron chi connectivity index (χ0n) is 11.2. The molecule has 0 saturated heterocycles. The molecule has 2 aromatic carbocycles.